The summed E-state index contributed by atoms with van der Waals surface area (Å²) in [7, 11) is 0. The van der Waals surface area contributed by atoms with Gasteiger partial charge in [-0.2, -0.15) is 0 Å². The van der Waals surface area contributed by atoms with Gasteiger partial charge in [-0.25, -0.2) is 0 Å². The van der Waals surface area contributed by atoms with Crippen molar-refractivity contribution in [3.8, 4) is 11.5 Å². The maximum Gasteiger partial charge on any atom is 0.161 e. The molecule has 0 aromatic heterocycles. The van der Waals surface area contributed by atoms with Crippen LogP contribution >= 0.6 is 0 Å². The minimum atomic E-state index is 0.804. The van der Waals surface area contributed by atoms with Gasteiger partial charge in [-0.1, -0.05) is 149 Å². The van der Waals surface area contributed by atoms with Crippen molar-refractivity contribution in [1.29, 1.82) is 0 Å². The molecule has 0 saturated heterocycles. The number of benzene rings is 1. The molecule has 0 bridgehead atoms. The predicted octanol–water partition coefficient (Wildman–Crippen LogP) is 11.2. The molecule has 0 aliphatic carbocycles. The van der Waals surface area contributed by atoms with Crippen LogP contribution in [0.1, 0.15) is 161 Å². The van der Waals surface area contributed by atoms with Gasteiger partial charge in [0.25, 0.3) is 0 Å². The van der Waals surface area contributed by atoms with E-state index in [1.807, 2.05) is 0 Å². The number of aryl methyl sites for hydroxylation is 1. The van der Waals surface area contributed by atoms with Crippen LogP contribution in [0.4, 0.5) is 0 Å². The largest absolute Gasteiger partial charge is 0.490 e. The van der Waals surface area contributed by atoms with Gasteiger partial charge in [0.1, 0.15) is 0 Å². The van der Waals surface area contributed by atoms with Crippen molar-refractivity contribution in [3.63, 3.8) is 0 Å². The second-order valence-electron chi connectivity index (χ2n) is 10.6. The highest BCUT2D eigenvalue weighted by molar-refractivity contribution is 5.43. The molecule has 0 unspecified atom stereocenters. The lowest BCUT2D eigenvalue weighted by Crippen LogP contribution is -2.03. The number of unbranched alkanes of at least 4 members (excludes halogenated alkanes) is 18. The maximum atomic E-state index is 6.22. The lowest BCUT2D eigenvalue weighted by Gasteiger charge is -2.14. The van der Waals surface area contributed by atoms with Crippen molar-refractivity contribution in [2.45, 2.75) is 162 Å². The second kappa shape index (κ2) is 24.5. The van der Waals surface area contributed by atoms with Gasteiger partial charge in [-0.15, -0.1) is 0 Å². The topological polar surface area (TPSA) is 18.5 Å². The van der Waals surface area contributed by atoms with E-state index in [9.17, 15) is 0 Å². The van der Waals surface area contributed by atoms with Crippen LogP contribution in [0.2, 0.25) is 0 Å². The van der Waals surface area contributed by atoms with Crippen molar-refractivity contribution in [1.82, 2.24) is 0 Å². The van der Waals surface area contributed by atoms with Crippen LogP contribution < -0.4 is 9.47 Å². The van der Waals surface area contributed by atoms with Gasteiger partial charge >= 0.3 is 0 Å². The summed E-state index contributed by atoms with van der Waals surface area (Å²) in [6.07, 6.45) is 29.4. The third-order valence-corrected chi connectivity index (χ3v) is 7.06. The van der Waals surface area contributed by atoms with Crippen LogP contribution in [0.3, 0.4) is 0 Å². The maximum absolute atomic E-state index is 6.22. The molecule has 0 radical (unpaired) electrons. The SMILES string of the molecule is CCCCCCCCCCCCOc1ccc(CCC)cc1OCCCCCCCCCCCC. The van der Waals surface area contributed by atoms with Crippen LogP contribution in [-0.4, -0.2) is 13.2 Å². The summed E-state index contributed by atoms with van der Waals surface area (Å²) in [6, 6.07) is 6.56. The monoisotopic (exact) mass is 488 g/mol. The summed E-state index contributed by atoms with van der Waals surface area (Å²) in [6.45, 7) is 8.42. The molecule has 0 atom stereocenters. The Balaban J connectivity index is 2.19. The fourth-order valence-electron chi connectivity index (χ4n) is 4.77. The highest BCUT2D eigenvalue weighted by Crippen LogP contribution is 2.29. The van der Waals surface area contributed by atoms with Gasteiger partial charge in [0, 0.05) is 0 Å². The van der Waals surface area contributed by atoms with Gasteiger partial charge in [-0.05, 0) is 37.0 Å². The molecule has 0 aliphatic rings. The molecule has 35 heavy (non-hydrogen) atoms. The van der Waals surface area contributed by atoms with Crippen LogP contribution in [0.15, 0.2) is 18.2 Å². The smallest absolute Gasteiger partial charge is 0.161 e. The zero-order chi connectivity index (χ0) is 25.2. The molecule has 0 fully saturated rings. The fraction of sp³-hybridized carbons (Fsp3) is 0.818. The molecule has 204 valence electrons. The third-order valence-electron chi connectivity index (χ3n) is 7.06. The van der Waals surface area contributed by atoms with E-state index in [1.165, 1.54) is 121 Å². The van der Waals surface area contributed by atoms with Crippen LogP contribution in [0, 0.1) is 0 Å². The van der Waals surface area contributed by atoms with E-state index < -0.39 is 0 Å². The molecule has 0 spiro atoms. The zero-order valence-corrected chi connectivity index (χ0v) is 24.0. The van der Waals surface area contributed by atoms with Crippen molar-refractivity contribution >= 4 is 0 Å². The van der Waals surface area contributed by atoms with E-state index in [1.54, 1.807) is 0 Å². The molecule has 1 aromatic carbocycles. The summed E-state index contributed by atoms with van der Waals surface area (Å²) in [5.74, 6) is 1.90. The summed E-state index contributed by atoms with van der Waals surface area (Å²) in [4.78, 5) is 0. The van der Waals surface area contributed by atoms with E-state index in [0.29, 0.717) is 0 Å². The first kappa shape index (κ1) is 31.8. The Bertz CT molecular complexity index is 568. The quantitative estimate of drug-likeness (QED) is 0.121. The predicted molar refractivity (Wildman–Crippen MR) is 155 cm³/mol. The van der Waals surface area contributed by atoms with Gasteiger partial charge in [0.15, 0.2) is 11.5 Å². The Kier molecular flexibility index (Phi) is 22.3. The third kappa shape index (κ3) is 18.7. The average Bonchev–Trinajstić information content (AvgIpc) is 2.87. The van der Waals surface area contributed by atoms with Gasteiger partial charge < -0.3 is 9.47 Å². The molecular weight excluding hydrogens is 428 g/mol. The molecule has 0 heterocycles. The van der Waals surface area contributed by atoms with E-state index in [4.69, 9.17) is 9.47 Å². The minimum absolute atomic E-state index is 0.804. The van der Waals surface area contributed by atoms with Crippen molar-refractivity contribution in [2.75, 3.05) is 13.2 Å². The first-order valence-corrected chi connectivity index (χ1v) is 15.7. The van der Waals surface area contributed by atoms with Crippen molar-refractivity contribution in [2.24, 2.45) is 0 Å². The number of ether oxygens (including phenoxy) is 2. The average molecular weight is 489 g/mol. The first-order valence-electron chi connectivity index (χ1n) is 15.7. The molecule has 2 heteroatoms. The summed E-state index contributed by atoms with van der Waals surface area (Å²) in [5, 5.41) is 0. The lowest BCUT2D eigenvalue weighted by atomic mass is 10.1. The highest BCUT2D eigenvalue weighted by Gasteiger charge is 2.07. The molecule has 0 aliphatic heterocycles. The minimum Gasteiger partial charge on any atom is -0.490 e. The molecule has 0 amide bonds. The Morgan fingerprint density at radius 2 is 0.829 bits per heavy atom. The van der Waals surface area contributed by atoms with Gasteiger partial charge in [0.2, 0.25) is 0 Å². The highest BCUT2D eigenvalue weighted by atomic mass is 16.5. The summed E-state index contributed by atoms with van der Waals surface area (Å²) in [5.41, 5.74) is 1.36. The molecule has 1 aromatic rings. The zero-order valence-electron chi connectivity index (χ0n) is 24.0. The number of hydrogen-bond acceptors (Lipinski definition) is 2. The van der Waals surface area contributed by atoms with Crippen LogP contribution in [0.5, 0.6) is 11.5 Å². The van der Waals surface area contributed by atoms with Gasteiger partial charge in [-0.3, -0.25) is 0 Å². The van der Waals surface area contributed by atoms with Gasteiger partial charge in [0.05, 0.1) is 13.2 Å². The normalized spacial score (nSPS) is 11.2. The van der Waals surface area contributed by atoms with E-state index in [-0.39, 0.29) is 0 Å². The Morgan fingerprint density at radius 1 is 0.429 bits per heavy atom. The number of rotatable bonds is 26. The Morgan fingerprint density at radius 3 is 1.26 bits per heavy atom. The van der Waals surface area contributed by atoms with Crippen molar-refractivity contribution < 1.29 is 9.47 Å². The fourth-order valence-corrected chi connectivity index (χ4v) is 4.77. The Hall–Kier alpha value is -1.18. The first-order chi connectivity index (χ1) is 17.3. The lowest BCUT2D eigenvalue weighted by molar-refractivity contribution is 0.258. The van der Waals surface area contributed by atoms with E-state index in [2.05, 4.69) is 39.0 Å². The summed E-state index contributed by atoms with van der Waals surface area (Å²) < 4.78 is 12.4. The molecule has 1 rings (SSSR count). The molecular formula is C33H60O2. The standard InChI is InChI=1S/C33H60O2/c1-4-7-9-11-13-15-17-19-21-23-28-34-32-27-26-31(25-6-3)30-33(32)35-29-24-22-20-18-16-14-12-10-8-5-2/h26-27,30H,4-25,28-29H2,1-3H3. The molecule has 2 nitrogen and oxygen atoms in total. The Labute approximate surface area is 220 Å². The van der Waals surface area contributed by atoms with Crippen LogP contribution in [0.25, 0.3) is 0 Å². The van der Waals surface area contributed by atoms with E-state index in [0.717, 1.165) is 50.4 Å². The van der Waals surface area contributed by atoms with Crippen LogP contribution in [-0.2, 0) is 6.42 Å². The summed E-state index contributed by atoms with van der Waals surface area (Å²) >= 11 is 0. The second-order valence-corrected chi connectivity index (χ2v) is 10.6. The number of hydrogen-bond donors (Lipinski definition) is 0. The van der Waals surface area contributed by atoms with E-state index >= 15 is 0 Å². The molecule has 0 saturated carbocycles. The molecule has 0 N–H and O–H groups in total. The van der Waals surface area contributed by atoms with Crippen molar-refractivity contribution in [3.05, 3.63) is 23.8 Å².